The fraction of sp³-hybridized carbons (Fsp3) is 0.200. The topological polar surface area (TPSA) is 67.6 Å². The molecule has 0 saturated heterocycles. The Morgan fingerprint density at radius 2 is 2.00 bits per heavy atom. The van der Waals surface area contributed by atoms with Gasteiger partial charge in [-0.15, -0.1) is 0 Å². The van der Waals surface area contributed by atoms with Crippen molar-refractivity contribution >= 4 is 5.95 Å². The molecule has 4 nitrogen and oxygen atoms in total. The van der Waals surface area contributed by atoms with E-state index in [-0.39, 0.29) is 0 Å². The Labute approximate surface area is 82.2 Å². The summed E-state index contributed by atoms with van der Waals surface area (Å²) in [5, 5.41) is 0. The normalized spacial score (nSPS) is 10.3. The van der Waals surface area contributed by atoms with E-state index in [0.717, 1.165) is 18.5 Å². The van der Waals surface area contributed by atoms with Gasteiger partial charge in [-0.3, -0.25) is 4.98 Å². The first-order chi connectivity index (χ1) is 6.84. The van der Waals surface area contributed by atoms with Crippen molar-refractivity contribution in [3.63, 3.8) is 0 Å². The van der Waals surface area contributed by atoms with E-state index in [1.165, 1.54) is 5.56 Å². The van der Waals surface area contributed by atoms with Crippen molar-refractivity contribution in [2.24, 2.45) is 0 Å². The van der Waals surface area contributed by atoms with Crippen molar-refractivity contribution in [1.29, 1.82) is 0 Å². The van der Waals surface area contributed by atoms with E-state index in [4.69, 9.17) is 5.73 Å². The van der Waals surface area contributed by atoms with Gasteiger partial charge in [-0.25, -0.2) is 4.98 Å². The first kappa shape index (κ1) is 8.74. The Hall–Kier alpha value is -1.84. The van der Waals surface area contributed by atoms with Crippen molar-refractivity contribution in [3.8, 4) is 0 Å². The molecule has 2 heterocycles. The second-order valence-corrected chi connectivity index (χ2v) is 3.13. The van der Waals surface area contributed by atoms with Gasteiger partial charge in [0.05, 0.1) is 5.69 Å². The molecule has 0 bridgehead atoms. The number of rotatable bonds is 3. The number of nitrogens with zero attached hydrogens (tertiary/aromatic N) is 2. The lowest BCUT2D eigenvalue weighted by atomic mass is 10.1. The number of H-pyrrole nitrogens is 1. The number of nitrogens with one attached hydrogen (secondary N) is 1. The van der Waals surface area contributed by atoms with Crippen LogP contribution in [-0.4, -0.2) is 15.0 Å². The molecule has 0 amide bonds. The van der Waals surface area contributed by atoms with Gasteiger partial charge in [0.2, 0.25) is 0 Å². The molecule has 4 heteroatoms. The SMILES string of the molecule is Nc1nc(CCc2ccncc2)c[nH]1. The molecule has 0 aliphatic heterocycles. The van der Waals surface area contributed by atoms with Crippen LogP contribution in [0.2, 0.25) is 0 Å². The lowest BCUT2D eigenvalue weighted by Gasteiger charge is -1.97. The molecular weight excluding hydrogens is 176 g/mol. The Bertz CT molecular complexity index is 394. The van der Waals surface area contributed by atoms with Gasteiger partial charge < -0.3 is 10.7 Å². The molecule has 0 aliphatic rings. The largest absolute Gasteiger partial charge is 0.369 e. The maximum absolute atomic E-state index is 5.47. The van der Waals surface area contributed by atoms with Crippen LogP contribution in [0.25, 0.3) is 0 Å². The number of nitrogens with two attached hydrogens (primary N) is 1. The Morgan fingerprint density at radius 1 is 1.21 bits per heavy atom. The number of anilines is 1. The van der Waals surface area contributed by atoms with Crippen LogP contribution in [0.5, 0.6) is 0 Å². The number of aromatic amines is 1. The van der Waals surface area contributed by atoms with E-state index < -0.39 is 0 Å². The van der Waals surface area contributed by atoms with Gasteiger partial charge in [0.25, 0.3) is 0 Å². The van der Waals surface area contributed by atoms with E-state index in [1.807, 2.05) is 18.3 Å². The van der Waals surface area contributed by atoms with Gasteiger partial charge in [-0.2, -0.15) is 0 Å². The summed E-state index contributed by atoms with van der Waals surface area (Å²) in [6.45, 7) is 0. The molecule has 0 spiro atoms. The second kappa shape index (κ2) is 3.91. The van der Waals surface area contributed by atoms with Crippen LogP contribution in [0.15, 0.2) is 30.7 Å². The first-order valence-electron chi connectivity index (χ1n) is 4.53. The molecule has 14 heavy (non-hydrogen) atoms. The van der Waals surface area contributed by atoms with Crippen molar-refractivity contribution in [2.75, 3.05) is 5.73 Å². The van der Waals surface area contributed by atoms with Gasteiger partial charge in [0.1, 0.15) is 0 Å². The molecule has 2 rings (SSSR count). The number of aromatic nitrogens is 3. The number of hydrogen-bond acceptors (Lipinski definition) is 3. The highest BCUT2D eigenvalue weighted by atomic mass is 15.0. The van der Waals surface area contributed by atoms with Gasteiger partial charge in [-0.1, -0.05) is 0 Å². The minimum atomic E-state index is 0.481. The van der Waals surface area contributed by atoms with Crippen LogP contribution in [0, 0.1) is 0 Å². The van der Waals surface area contributed by atoms with Crippen molar-refractivity contribution in [2.45, 2.75) is 12.8 Å². The zero-order valence-electron chi connectivity index (χ0n) is 7.77. The summed E-state index contributed by atoms with van der Waals surface area (Å²) in [7, 11) is 0. The molecular formula is C10H12N4. The number of aryl methyl sites for hydroxylation is 2. The van der Waals surface area contributed by atoms with E-state index in [9.17, 15) is 0 Å². The second-order valence-electron chi connectivity index (χ2n) is 3.13. The van der Waals surface area contributed by atoms with Crippen LogP contribution in [0.4, 0.5) is 5.95 Å². The summed E-state index contributed by atoms with van der Waals surface area (Å²) in [6.07, 6.45) is 7.31. The highest BCUT2D eigenvalue weighted by Gasteiger charge is 1.98. The molecule has 2 aromatic rings. The Balaban J connectivity index is 1.95. The molecule has 0 radical (unpaired) electrons. The number of imidazole rings is 1. The van der Waals surface area contributed by atoms with Gasteiger partial charge in [-0.05, 0) is 30.5 Å². The van der Waals surface area contributed by atoms with E-state index >= 15 is 0 Å². The van der Waals surface area contributed by atoms with Crippen LogP contribution in [0.1, 0.15) is 11.3 Å². The quantitative estimate of drug-likeness (QED) is 0.759. The van der Waals surface area contributed by atoms with Crippen LogP contribution < -0.4 is 5.73 Å². The minimum Gasteiger partial charge on any atom is -0.369 e. The number of hydrogen-bond donors (Lipinski definition) is 2. The molecule has 3 N–H and O–H groups in total. The molecule has 72 valence electrons. The van der Waals surface area contributed by atoms with E-state index in [2.05, 4.69) is 15.0 Å². The predicted octanol–water partition coefficient (Wildman–Crippen LogP) is 1.17. The smallest absolute Gasteiger partial charge is 0.197 e. The third kappa shape index (κ3) is 2.10. The highest BCUT2D eigenvalue weighted by molar-refractivity contribution is 5.19. The van der Waals surface area contributed by atoms with Gasteiger partial charge in [0.15, 0.2) is 5.95 Å². The summed E-state index contributed by atoms with van der Waals surface area (Å²) < 4.78 is 0. The lowest BCUT2D eigenvalue weighted by molar-refractivity contribution is 0.923. The zero-order valence-corrected chi connectivity index (χ0v) is 7.77. The molecule has 0 atom stereocenters. The standard InChI is InChI=1S/C10H12N4/c11-10-13-7-9(14-10)2-1-8-3-5-12-6-4-8/h3-7H,1-2H2,(H3,11,13,14). The van der Waals surface area contributed by atoms with Crippen LogP contribution >= 0.6 is 0 Å². The Kier molecular flexibility index (Phi) is 2.44. The molecule has 2 aromatic heterocycles. The van der Waals surface area contributed by atoms with Crippen molar-refractivity contribution in [1.82, 2.24) is 15.0 Å². The maximum atomic E-state index is 5.47. The summed E-state index contributed by atoms with van der Waals surface area (Å²) in [5.74, 6) is 0.481. The van der Waals surface area contributed by atoms with E-state index in [1.54, 1.807) is 12.4 Å². The maximum Gasteiger partial charge on any atom is 0.197 e. The molecule has 0 aromatic carbocycles. The van der Waals surface area contributed by atoms with Crippen LogP contribution in [-0.2, 0) is 12.8 Å². The third-order valence-corrected chi connectivity index (χ3v) is 2.07. The van der Waals surface area contributed by atoms with Crippen molar-refractivity contribution < 1.29 is 0 Å². The van der Waals surface area contributed by atoms with Gasteiger partial charge in [0, 0.05) is 18.6 Å². The molecule has 0 unspecified atom stereocenters. The summed E-state index contributed by atoms with van der Waals surface area (Å²) in [5.41, 5.74) is 7.74. The fourth-order valence-corrected chi connectivity index (χ4v) is 1.33. The minimum absolute atomic E-state index is 0.481. The summed E-state index contributed by atoms with van der Waals surface area (Å²) in [4.78, 5) is 11.0. The highest BCUT2D eigenvalue weighted by Crippen LogP contribution is 2.04. The summed E-state index contributed by atoms with van der Waals surface area (Å²) in [6, 6.07) is 4.02. The predicted molar refractivity (Wildman–Crippen MR) is 54.6 cm³/mol. The molecule has 0 saturated carbocycles. The first-order valence-corrected chi connectivity index (χ1v) is 4.53. The lowest BCUT2D eigenvalue weighted by Crippen LogP contribution is -1.92. The number of nitrogen functional groups attached to an aromatic ring is 1. The van der Waals surface area contributed by atoms with Crippen LogP contribution in [0.3, 0.4) is 0 Å². The monoisotopic (exact) mass is 188 g/mol. The Morgan fingerprint density at radius 3 is 2.64 bits per heavy atom. The molecule has 0 fully saturated rings. The van der Waals surface area contributed by atoms with Gasteiger partial charge >= 0.3 is 0 Å². The van der Waals surface area contributed by atoms with Crippen molar-refractivity contribution in [3.05, 3.63) is 42.0 Å². The average Bonchev–Trinajstić information content (AvgIpc) is 2.63. The third-order valence-electron chi connectivity index (χ3n) is 2.07. The van der Waals surface area contributed by atoms with E-state index in [0.29, 0.717) is 5.95 Å². The summed E-state index contributed by atoms with van der Waals surface area (Å²) >= 11 is 0. The molecule has 0 aliphatic carbocycles. The fourth-order valence-electron chi connectivity index (χ4n) is 1.33. The number of pyridine rings is 1. The zero-order chi connectivity index (χ0) is 9.80. The average molecular weight is 188 g/mol.